The lowest BCUT2D eigenvalue weighted by molar-refractivity contribution is -0.385. The van der Waals surface area contributed by atoms with Gasteiger partial charge in [-0.1, -0.05) is 42.0 Å². The molecule has 0 bridgehead atoms. The van der Waals surface area contributed by atoms with Crippen molar-refractivity contribution >= 4 is 11.4 Å². The molecule has 0 N–H and O–H groups in total. The molecule has 0 aliphatic heterocycles. The van der Waals surface area contributed by atoms with E-state index in [0.717, 1.165) is 11.3 Å². The van der Waals surface area contributed by atoms with Gasteiger partial charge in [-0.3, -0.25) is 24.8 Å². The Bertz CT molecular complexity index is 1190. The molecule has 0 radical (unpaired) electrons. The summed E-state index contributed by atoms with van der Waals surface area (Å²) in [6, 6.07) is 19.8. The molecule has 0 unspecified atom stereocenters. The van der Waals surface area contributed by atoms with Gasteiger partial charge in [0.15, 0.2) is 11.6 Å². The minimum absolute atomic E-state index is 0.0668. The lowest BCUT2D eigenvalue weighted by atomic mass is 10.1. The van der Waals surface area contributed by atoms with E-state index in [1.54, 1.807) is 28.8 Å². The molecule has 0 fully saturated rings. The fourth-order valence-electron chi connectivity index (χ4n) is 3.11. The van der Waals surface area contributed by atoms with E-state index >= 15 is 0 Å². The first-order valence-electron chi connectivity index (χ1n) is 8.96. The monoisotopic (exact) mass is 401 g/mol. The second kappa shape index (κ2) is 7.55. The van der Waals surface area contributed by atoms with Gasteiger partial charge in [0.1, 0.15) is 0 Å². The van der Waals surface area contributed by atoms with Crippen molar-refractivity contribution < 1.29 is 9.85 Å². The molecule has 4 aromatic rings. The maximum atomic E-state index is 11.2. The minimum Gasteiger partial charge on any atom is -0.275 e. The second-order valence-corrected chi connectivity index (χ2v) is 6.63. The number of benzene rings is 3. The van der Waals surface area contributed by atoms with Crippen LogP contribution in [0.25, 0.3) is 28.5 Å². The first-order valence-corrected chi connectivity index (χ1v) is 8.96. The van der Waals surface area contributed by atoms with Crippen LogP contribution < -0.4 is 0 Å². The molecule has 0 spiro atoms. The Morgan fingerprint density at radius 2 is 1.20 bits per heavy atom. The van der Waals surface area contributed by atoms with E-state index in [1.165, 1.54) is 24.3 Å². The van der Waals surface area contributed by atoms with Crippen molar-refractivity contribution in [3.8, 4) is 28.5 Å². The first kappa shape index (κ1) is 18.9. The zero-order chi connectivity index (χ0) is 21.3. The summed E-state index contributed by atoms with van der Waals surface area (Å²) in [6.45, 7) is 1.96. The number of rotatable bonds is 5. The average Bonchev–Trinajstić information content (AvgIpc) is 3.19. The van der Waals surface area contributed by atoms with E-state index in [9.17, 15) is 20.2 Å². The van der Waals surface area contributed by atoms with Crippen molar-refractivity contribution in [1.29, 1.82) is 0 Å². The summed E-state index contributed by atoms with van der Waals surface area (Å²) >= 11 is 0. The highest BCUT2D eigenvalue weighted by Crippen LogP contribution is 2.31. The number of nitro groups is 2. The molecule has 0 atom stereocenters. The quantitative estimate of drug-likeness (QED) is 0.353. The summed E-state index contributed by atoms with van der Waals surface area (Å²) in [7, 11) is 0. The Morgan fingerprint density at radius 3 is 1.63 bits per heavy atom. The topological polar surface area (TPSA) is 117 Å². The largest absolute Gasteiger partial charge is 0.275 e. The molecule has 9 heteroatoms. The number of non-ortho nitro benzene ring substituents is 2. The maximum absolute atomic E-state index is 11.2. The number of nitrogens with zero attached hydrogens (tertiary/aromatic N) is 5. The highest BCUT2D eigenvalue weighted by atomic mass is 16.6. The summed E-state index contributed by atoms with van der Waals surface area (Å²) in [5.74, 6) is 0.785. The Hall–Kier alpha value is -4.40. The van der Waals surface area contributed by atoms with Gasteiger partial charge in [0, 0.05) is 41.1 Å². The van der Waals surface area contributed by atoms with Crippen molar-refractivity contribution in [3.05, 3.63) is 98.6 Å². The molecule has 1 aromatic heterocycles. The van der Waals surface area contributed by atoms with E-state index in [4.69, 9.17) is 0 Å². The molecule has 30 heavy (non-hydrogen) atoms. The summed E-state index contributed by atoms with van der Waals surface area (Å²) in [5.41, 5.74) is 2.67. The Morgan fingerprint density at radius 1 is 0.733 bits per heavy atom. The predicted octanol–water partition coefficient (Wildman–Crippen LogP) is 4.73. The van der Waals surface area contributed by atoms with Gasteiger partial charge in [-0.25, -0.2) is 0 Å². The third-order valence-corrected chi connectivity index (χ3v) is 4.59. The summed E-state index contributed by atoms with van der Waals surface area (Å²) in [4.78, 5) is 21.5. The molecular weight excluding hydrogens is 386 g/mol. The van der Waals surface area contributed by atoms with Crippen LogP contribution >= 0.6 is 0 Å². The van der Waals surface area contributed by atoms with E-state index in [0.29, 0.717) is 22.8 Å². The maximum Gasteiger partial charge on any atom is 0.270 e. The van der Waals surface area contributed by atoms with Gasteiger partial charge < -0.3 is 0 Å². The van der Waals surface area contributed by atoms with Gasteiger partial charge >= 0.3 is 0 Å². The number of aryl methyl sites for hydroxylation is 1. The fraction of sp³-hybridized carbons (Fsp3) is 0.0476. The summed E-state index contributed by atoms with van der Waals surface area (Å²) in [5, 5.41) is 30.9. The highest BCUT2D eigenvalue weighted by molar-refractivity contribution is 5.69. The van der Waals surface area contributed by atoms with Crippen LogP contribution in [0, 0.1) is 27.2 Å². The van der Waals surface area contributed by atoms with Crippen molar-refractivity contribution in [3.63, 3.8) is 0 Å². The van der Waals surface area contributed by atoms with Crippen molar-refractivity contribution in [2.45, 2.75) is 6.92 Å². The molecule has 0 saturated carbocycles. The predicted molar refractivity (Wildman–Crippen MR) is 110 cm³/mol. The molecule has 4 rings (SSSR count). The van der Waals surface area contributed by atoms with E-state index < -0.39 is 9.85 Å². The molecule has 0 aliphatic carbocycles. The normalized spacial score (nSPS) is 10.7. The van der Waals surface area contributed by atoms with Crippen LogP contribution in [0.3, 0.4) is 0 Å². The Labute approximate surface area is 170 Å². The molecule has 1 heterocycles. The van der Waals surface area contributed by atoms with E-state index in [-0.39, 0.29) is 11.4 Å². The number of nitro benzene ring substituents is 2. The zero-order valence-corrected chi connectivity index (χ0v) is 15.8. The van der Waals surface area contributed by atoms with Gasteiger partial charge in [-0.05, 0) is 19.1 Å². The first-order chi connectivity index (χ1) is 14.4. The zero-order valence-electron chi connectivity index (χ0n) is 15.8. The fourth-order valence-corrected chi connectivity index (χ4v) is 3.11. The van der Waals surface area contributed by atoms with Crippen molar-refractivity contribution in [2.24, 2.45) is 0 Å². The Kier molecular flexibility index (Phi) is 4.77. The third-order valence-electron chi connectivity index (χ3n) is 4.59. The molecule has 9 nitrogen and oxygen atoms in total. The lowest BCUT2D eigenvalue weighted by Gasteiger charge is -2.11. The third kappa shape index (κ3) is 3.51. The molecule has 3 aromatic carbocycles. The van der Waals surface area contributed by atoms with Crippen molar-refractivity contribution in [1.82, 2.24) is 14.8 Å². The van der Waals surface area contributed by atoms with Crippen LogP contribution in [-0.2, 0) is 0 Å². The number of hydrogen-bond acceptors (Lipinski definition) is 6. The SMILES string of the molecule is Cc1ccc(-n2c(-c3cccc([N+](=O)[O-])c3)nnc2-c2cccc([N+](=O)[O-])c2)cc1. The van der Waals surface area contributed by atoms with Gasteiger partial charge in [0.05, 0.1) is 9.85 Å². The van der Waals surface area contributed by atoms with Crippen LogP contribution in [0.15, 0.2) is 72.8 Å². The lowest BCUT2D eigenvalue weighted by Crippen LogP contribution is -2.01. The molecule has 0 saturated heterocycles. The smallest absolute Gasteiger partial charge is 0.270 e. The van der Waals surface area contributed by atoms with Crippen molar-refractivity contribution in [2.75, 3.05) is 0 Å². The Balaban J connectivity index is 1.96. The van der Waals surface area contributed by atoms with Gasteiger partial charge in [-0.15, -0.1) is 10.2 Å². The molecular formula is C21H15N5O4. The van der Waals surface area contributed by atoms with Crippen LogP contribution in [0.1, 0.15) is 5.56 Å². The standard InChI is InChI=1S/C21H15N5O4/c1-14-8-10-17(11-9-14)24-20(15-4-2-6-18(12-15)25(27)28)22-23-21(24)16-5-3-7-19(13-16)26(29)30/h2-13H,1H3. The summed E-state index contributed by atoms with van der Waals surface area (Å²) in [6.07, 6.45) is 0. The van der Waals surface area contributed by atoms with Crippen LogP contribution in [0.5, 0.6) is 0 Å². The van der Waals surface area contributed by atoms with Crippen LogP contribution in [0.4, 0.5) is 11.4 Å². The molecule has 0 aliphatic rings. The van der Waals surface area contributed by atoms with Gasteiger partial charge in [0.2, 0.25) is 0 Å². The van der Waals surface area contributed by atoms with Gasteiger partial charge in [-0.2, -0.15) is 0 Å². The van der Waals surface area contributed by atoms with Crippen LogP contribution in [0.2, 0.25) is 0 Å². The van der Waals surface area contributed by atoms with Gasteiger partial charge in [0.25, 0.3) is 11.4 Å². The second-order valence-electron chi connectivity index (χ2n) is 6.63. The van der Waals surface area contributed by atoms with E-state index in [2.05, 4.69) is 10.2 Å². The molecule has 0 amide bonds. The minimum atomic E-state index is -0.475. The van der Waals surface area contributed by atoms with Crippen LogP contribution in [-0.4, -0.2) is 24.6 Å². The van der Waals surface area contributed by atoms with E-state index in [1.807, 2.05) is 31.2 Å². The average molecular weight is 401 g/mol. The highest BCUT2D eigenvalue weighted by Gasteiger charge is 2.20. The number of aromatic nitrogens is 3. The molecule has 148 valence electrons. The number of hydrogen-bond donors (Lipinski definition) is 0. The summed E-state index contributed by atoms with van der Waals surface area (Å²) < 4.78 is 1.73.